The van der Waals surface area contributed by atoms with Gasteiger partial charge >= 0.3 is 0 Å². The monoisotopic (exact) mass is 272 g/mol. The van der Waals surface area contributed by atoms with E-state index < -0.39 is 0 Å². The van der Waals surface area contributed by atoms with Gasteiger partial charge in [0.25, 0.3) is 0 Å². The van der Waals surface area contributed by atoms with Gasteiger partial charge in [0.1, 0.15) is 0 Å². The minimum absolute atomic E-state index is 0.0781. The molecule has 2 atom stereocenters. The zero-order valence-electron chi connectivity index (χ0n) is 13.3. The second-order valence-corrected chi connectivity index (χ2v) is 5.98. The molecule has 0 aliphatic rings. The second kappa shape index (κ2) is 10.2. The first-order chi connectivity index (χ1) is 8.88. The Kier molecular flexibility index (Phi) is 9.88. The molecule has 0 fully saturated rings. The Balaban J connectivity index is 4.25. The maximum atomic E-state index is 12.4. The van der Waals surface area contributed by atoms with Crippen LogP contribution in [0.1, 0.15) is 47.0 Å². The molecule has 0 aromatic rings. The summed E-state index contributed by atoms with van der Waals surface area (Å²) in [5, 5.41) is 0. The molecule has 0 radical (unpaired) electrons. The van der Waals surface area contributed by atoms with Gasteiger partial charge in [-0.05, 0) is 25.7 Å². The molecule has 0 aromatic heterocycles. The Morgan fingerprint density at radius 3 is 2.32 bits per heavy atom. The number of methoxy groups -OCH3 is 1. The number of carbonyl (C=O) groups is 1. The largest absolute Gasteiger partial charge is 0.383 e. The van der Waals surface area contributed by atoms with Crippen LogP contribution in [-0.4, -0.2) is 43.7 Å². The van der Waals surface area contributed by atoms with Gasteiger partial charge in [0.2, 0.25) is 5.91 Å². The van der Waals surface area contributed by atoms with E-state index in [1.54, 1.807) is 7.11 Å². The Bertz CT molecular complexity index is 242. The molecule has 4 heteroatoms. The molecule has 0 aliphatic carbocycles. The van der Waals surface area contributed by atoms with Gasteiger partial charge in [0, 0.05) is 32.2 Å². The Morgan fingerprint density at radius 2 is 1.84 bits per heavy atom. The zero-order chi connectivity index (χ0) is 14.8. The summed E-state index contributed by atoms with van der Waals surface area (Å²) in [5.74, 6) is 0.807. The van der Waals surface area contributed by atoms with Crippen molar-refractivity contribution < 1.29 is 9.53 Å². The summed E-state index contributed by atoms with van der Waals surface area (Å²) in [4.78, 5) is 14.3. The minimum atomic E-state index is 0.0781. The van der Waals surface area contributed by atoms with E-state index in [0.29, 0.717) is 19.1 Å². The third kappa shape index (κ3) is 9.00. The molecule has 0 aliphatic heterocycles. The minimum Gasteiger partial charge on any atom is -0.383 e. The Labute approximate surface area is 118 Å². The summed E-state index contributed by atoms with van der Waals surface area (Å²) >= 11 is 0. The van der Waals surface area contributed by atoms with Crippen LogP contribution in [0.5, 0.6) is 0 Å². The molecule has 0 rings (SSSR count). The number of nitrogens with two attached hydrogens (primary N) is 1. The molecule has 114 valence electrons. The van der Waals surface area contributed by atoms with E-state index in [-0.39, 0.29) is 17.9 Å². The number of rotatable bonds is 10. The van der Waals surface area contributed by atoms with Crippen LogP contribution in [0.2, 0.25) is 0 Å². The molecule has 2 unspecified atom stereocenters. The van der Waals surface area contributed by atoms with Crippen molar-refractivity contribution in [2.75, 3.05) is 26.8 Å². The topological polar surface area (TPSA) is 55.6 Å². The fraction of sp³-hybridized carbons (Fsp3) is 0.933. The van der Waals surface area contributed by atoms with Crippen LogP contribution < -0.4 is 5.73 Å². The normalized spacial score (nSPS) is 14.5. The molecule has 19 heavy (non-hydrogen) atoms. The van der Waals surface area contributed by atoms with Crippen molar-refractivity contribution in [1.29, 1.82) is 0 Å². The second-order valence-electron chi connectivity index (χ2n) is 5.98. The van der Waals surface area contributed by atoms with Gasteiger partial charge in [-0.25, -0.2) is 0 Å². The predicted molar refractivity (Wildman–Crippen MR) is 80.0 cm³/mol. The van der Waals surface area contributed by atoms with E-state index in [1.165, 1.54) is 0 Å². The van der Waals surface area contributed by atoms with Crippen molar-refractivity contribution in [3.8, 4) is 0 Å². The third-order valence-corrected chi connectivity index (χ3v) is 3.18. The lowest BCUT2D eigenvalue weighted by molar-refractivity contribution is -0.136. The average molecular weight is 272 g/mol. The fourth-order valence-electron chi connectivity index (χ4n) is 2.11. The maximum absolute atomic E-state index is 12.4. The average Bonchev–Trinajstić information content (AvgIpc) is 2.32. The number of nitrogens with zero attached hydrogens (tertiary/aromatic N) is 1. The van der Waals surface area contributed by atoms with Gasteiger partial charge < -0.3 is 15.4 Å². The zero-order valence-corrected chi connectivity index (χ0v) is 13.3. The number of amides is 1. The molecule has 0 aromatic carbocycles. The highest BCUT2D eigenvalue weighted by atomic mass is 16.5. The molecule has 4 nitrogen and oxygen atoms in total. The molecular formula is C15H32N2O2. The SMILES string of the molecule is COCCN(CC(C)C)C(=O)C(C)CCCC(C)N. The van der Waals surface area contributed by atoms with Crippen LogP contribution in [0.3, 0.4) is 0 Å². The third-order valence-electron chi connectivity index (χ3n) is 3.18. The first-order valence-electron chi connectivity index (χ1n) is 7.41. The summed E-state index contributed by atoms with van der Waals surface area (Å²) in [7, 11) is 1.67. The maximum Gasteiger partial charge on any atom is 0.225 e. The quantitative estimate of drug-likeness (QED) is 0.664. The fourth-order valence-corrected chi connectivity index (χ4v) is 2.11. The van der Waals surface area contributed by atoms with Crippen molar-refractivity contribution >= 4 is 5.91 Å². The van der Waals surface area contributed by atoms with Gasteiger partial charge in [-0.3, -0.25) is 4.79 Å². The lowest BCUT2D eigenvalue weighted by Crippen LogP contribution is -2.39. The van der Waals surface area contributed by atoms with Gasteiger partial charge in [0.15, 0.2) is 0 Å². The summed E-state index contributed by atoms with van der Waals surface area (Å²) in [6, 6.07) is 0.225. The van der Waals surface area contributed by atoms with Crippen LogP contribution in [-0.2, 0) is 9.53 Å². The van der Waals surface area contributed by atoms with Crippen LogP contribution >= 0.6 is 0 Å². The molecule has 0 saturated heterocycles. The number of carbonyl (C=O) groups excluding carboxylic acids is 1. The number of hydrogen-bond donors (Lipinski definition) is 1. The van der Waals surface area contributed by atoms with Crippen molar-refractivity contribution in [3.05, 3.63) is 0 Å². The molecule has 0 bridgehead atoms. The predicted octanol–water partition coefficient (Wildman–Crippen LogP) is 2.27. The van der Waals surface area contributed by atoms with Gasteiger partial charge in [-0.1, -0.05) is 27.2 Å². The van der Waals surface area contributed by atoms with Crippen molar-refractivity contribution in [3.63, 3.8) is 0 Å². The van der Waals surface area contributed by atoms with Crippen molar-refractivity contribution in [1.82, 2.24) is 4.90 Å². The van der Waals surface area contributed by atoms with Crippen molar-refractivity contribution in [2.24, 2.45) is 17.6 Å². The highest BCUT2D eigenvalue weighted by Crippen LogP contribution is 2.13. The molecule has 0 saturated carbocycles. The first kappa shape index (κ1) is 18.4. The van der Waals surface area contributed by atoms with E-state index in [2.05, 4.69) is 13.8 Å². The van der Waals surface area contributed by atoms with E-state index in [4.69, 9.17) is 10.5 Å². The van der Waals surface area contributed by atoms with Gasteiger partial charge in [0.05, 0.1) is 6.61 Å². The van der Waals surface area contributed by atoms with Crippen LogP contribution in [0.25, 0.3) is 0 Å². The van der Waals surface area contributed by atoms with E-state index in [0.717, 1.165) is 25.8 Å². The van der Waals surface area contributed by atoms with Crippen LogP contribution in [0.4, 0.5) is 0 Å². The Hall–Kier alpha value is -0.610. The molecular weight excluding hydrogens is 240 g/mol. The van der Waals surface area contributed by atoms with E-state index >= 15 is 0 Å². The molecule has 0 spiro atoms. The molecule has 2 N–H and O–H groups in total. The molecule has 0 heterocycles. The number of hydrogen-bond acceptors (Lipinski definition) is 3. The summed E-state index contributed by atoms with van der Waals surface area (Å²) in [6.07, 6.45) is 2.92. The highest BCUT2D eigenvalue weighted by molar-refractivity contribution is 5.78. The highest BCUT2D eigenvalue weighted by Gasteiger charge is 2.20. The summed E-state index contributed by atoms with van der Waals surface area (Å²) in [5.41, 5.74) is 5.73. The molecule has 1 amide bonds. The smallest absolute Gasteiger partial charge is 0.225 e. The van der Waals surface area contributed by atoms with Gasteiger partial charge in [-0.15, -0.1) is 0 Å². The summed E-state index contributed by atoms with van der Waals surface area (Å²) < 4.78 is 5.09. The van der Waals surface area contributed by atoms with E-state index in [9.17, 15) is 4.79 Å². The lowest BCUT2D eigenvalue weighted by Gasteiger charge is -2.27. The number of ether oxygens (including phenoxy) is 1. The van der Waals surface area contributed by atoms with Gasteiger partial charge in [-0.2, -0.15) is 0 Å². The Morgan fingerprint density at radius 1 is 1.21 bits per heavy atom. The lowest BCUT2D eigenvalue weighted by atomic mass is 10.00. The van der Waals surface area contributed by atoms with E-state index in [1.807, 2.05) is 18.7 Å². The van der Waals surface area contributed by atoms with Crippen LogP contribution in [0.15, 0.2) is 0 Å². The van der Waals surface area contributed by atoms with Crippen LogP contribution in [0, 0.1) is 11.8 Å². The standard InChI is InChI=1S/C15H32N2O2/c1-12(2)11-17(9-10-19-5)15(18)13(3)7-6-8-14(4)16/h12-14H,6-11,16H2,1-5H3. The summed E-state index contributed by atoms with van der Waals surface area (Å²) in [6.45, 7) is 10.4. The first-order valence-corrected chi connectivity index (χ1v) is 7.41. The van der Waals surface area contributed by atoms with Crippen molar-refractivity contribution in [2.45, 2.75) is 53.0 Å².